The van der Waals surface area contributed by atoms with E-state index in [4.69, 9.17) is 0 Å². The Hall–Kier alpha value is -4.27. The van der Waals surface area contributed by atoms with Gasteiger partial charge in [0.15, 0.2) is 5.66 Å². The lowest BCUT2D eigenvalue weighted by molar-refractivity contribution is -0.127. The van der Waals surface area contributed by atoms with Gasteiger partial charge < -0.3 is 10.2 Å². The van der Waals surface area contributed by atoms with Gasteiger partial charge in [0.25, 0.3) is 5.91 Å². The van der Waals surface area contributed by atoms with E-state index in [0.717, 1.165) is 28.5 Å². The zero-order valence-corrected chi connectivity index (χ0v) is 21.8. The Morgan fingerprint density at radius 3 is 2.62 bits per heavy atom. The number of nitrogens with zero attached hydrogens (tertiary/aromatic N) is 4. The number of aromatic nitrogens is 2. The lowest BCUT2D eigenvalue weighted by Crippen LogP contribution is -2.43. The van der Waals surface area contributed by atoms with E-state index in [1.165, 1.54) is 17.0 Å². The normalized spacial score (nSPS) is 23.6. The smallest absolute Gasteiger partial charge is 0.270 e. The fourth-order valence-electron chi connectivity index (χ4n) is 5.88. The second kappa shape index (κ2) is 8.90. The van der Waals surface area contributed by atoms with Crippen LogP contribution in [0.2, 0.25) is 0 Å². The molecule has 2 atom stereocenters. The van der Waals surface area contributed by atoms with Crippen molar-refractivity contribution in [3.63, 3.8) is 0 Å². The van der Waals surface area contributed by atoms with Gasteiger partial charge in [-0.1, -0.05) is 32.1 Å². The minimum absolute atomic E-state index is 0.0622. The number of carbonyl (C=O) groups is 2. The first-order valence-corrected chi connectivity index (χ1v) is 12.9. The third-order valence-electron chi connectivity index (χ3n) is 7.91. The molecule has 2 aromatic heterocycles. The number of hydrogen-bond donors (Lipinski definition) is 1. The summed E-state index contributed by atoms with van der Waals surface area (Å²) in [6.45, 7) is 5.60. The number of rotatable bonds is 5. The fourth-order valence-corrected chi connectivity index (χ4v) is 5.88. The van der Waals surface area contributed by atoms with Crippen molar-refractivity contribution >= 4 is 29.4 Å². The predicted octanol–water partition coefficient (Wildman–Crippen LogP) is 4.57. The molecule has 3 aliphatic rings. The predicted molar refractivity (Wildman–Crippen MR) is 143 cm³/mol. The third-order valence-corrected chi connectivity index (χ3v) is 7.91. The Labute approximate surface area is 224 Å². The van der Waals surface area contributed by atoms with Crippen molar-refractivity contribution in [3.8, 4) is 0 Å². The second-order valence-corrected chi connectivity index (χ2v) is 10.8. The van der Waals surface area contributed by atoms with Crippen LogP contribution in [0.15, 0.2) is 59.9 Å². The molecule has 0 radical (unpaired) electrons. The first kappa shape index (κ1) is 25.0. The maximum Gasteiger partial charge on any atom is 0.270 e. The number of halogens is 2. The Bertz CT molecular complexity index is 1580. The molecule has 198 valence electrons. The van der Waals surface area contributed by atoms with Crippen LogP contribution in [-0.2, 0) is 33.5 Å². The van der Waals surface area contributed by atoms with Crippen LogP contribution in [-0.4, -0.2) is 38.9 Å². The quantitative estimate of drug-likeness (QED) is 0.527. The highest BCUT2D eigenvalue weighted by Gasteiger charge is 2.51. The molecule has 1 N–H and O–H groups in total. The van der Waals surface area contributed by atoms with Gasteiger partial charge in [-0.2, -0.15) is 0 Å². The number of amides is 2. The molecule has 1 spiro atoms. The summed E-state index contributed by atoms with van der Waals surface area (Å²) in [5.74, 6) is -1.32. The molecule has 7 nitrogen and oxygen atoms in total. The van der Waals surface area contributed by atoms with Crippen molar-refractivity contribution in [1.29, 1.82) is 0 Å². The molecule has 0 saturated carbocycles. The summed E-state index contributed by atoms with van der Waals surface area (Å²) in [5.41, 5.74) is 2.28. The Kier molecular flexibility index (Phi) is 5.71. The van der Waals surface area contributed by atoms with Gasteiger partial charge in [0, 0.05) is 54.2 Å². The summed E-state index contributed by atoms with van der Waals surface area (Å²) in [5, 5.41) is 2.90. The van der Waals surface area contributed by atoms with Crippen LogP contribution in [0, 0.1) is 17.6 Å². The van der Waals surface area contributed by atoms with Crippen molar-refractivity contribution in [2.24, 2.45) is 10.9 Å². The molecule has 6 rings (SSSR count). The van der Waals surface area contributed by atoms with Gasteiger partial charge in [-0.3, -0.25) is 19.6 Å². The topological polar surface area (TPSA) is 87.6 Å². The summed E-state index contributed by atoms with van der Waals surface area (Å²) < 4.78 is 28.2. The largest absolute Gasteiger partial charge is 0.310 e. The van der Waals surface area contributed by atoms with E-state index in [9.17, 15) is 18.4 Å². The van der Waals surface area contributed by atoms with Crippen LogP contribution in [0.25, 0.3) is 6.08 Å². The van der Waals surface area contributed by atoms with Crippen LogP contribution in [0.5, 0.6) is 0 Å². The van der Waals surface area contributed by atoms with Crippen molar-refractivity contribution in [2.75, 3.05) is 11.9 Å². The number of carbonyl (C=O) groups excluding carboxylic acids is 2. The molecule has 0 bridgehead atoms. The lowest BCUT2D eigenvalue weighted by Gasteiger charge is -2.33. The van der Waals surface area contributed by atoms with E-state index in [2.05, 4.69) is 20.3 Å². The van der Waals surface area contributed by atoms with Crippen LogP contribution in [0.4, 0.5) is 14.6 Å². The van der Waals surface area contributed by atoms with E-state index in [-0.39, 0.29) is 29.8 Å². The third kappa shape index (κ3) is 3.95. The average molecular weight is 528 g/mol. The maximum atomic E-state index is 14.1. The number of hydrogen-bond acceptors (Lipinski definition) is 5. The van der Waals surface area contributed by atoms with E-state index >= 15 is 0 Å². The van der Waals surface area contributed by atoms with Crippen molar-refractivity contribution in [1.82, 2.24) is 14.9 Å². The number of benzene rings is 1. The van der Waals surface area contributed by atoms with Gasteiger partial charge >= 0.3 is 0 Å². The standard InChI is InChI=1S/C30H27F2N5O2/c1-17(2)25-27(38)37(29(3,36-25)20-11-21(31)13-22(32)12-20)9-5-6-18-10-19-14-30(15-24(19)34-16-18)23-7-4-8-33-26(23)35-28(30)39/h4-8,10-13,16-17H,9,14-15H2,1-3H3,(H,33,35,39)/b6-5+/t29-,30?/m1/s1. The maximum absolute atomic E-state index is 14.1. The monoisotopic (exact) mass is 527 g/mol. The van der Waals surface area contributed by atoms with Gasteiger partial charge in [0.1, 0.15) is 23.2 Å². The molecule has 9 heteroatoms. The molecule has 2 aliphatic heterocycles. The van der Waals surface area contributed by atoms with Gasteiger partial charge in [-0.25, -0.2) is 13.8 Å². The molecule has 0 saturated heterocycles. The summed E-state index contributed by atoms with van der Waals surface area (Å²) >= 11 is 0. The fraction of sp³-hybridized carbons (Fsp3) is 0.300. The number of aliphatic imine (C=N–C) groups is 1. The molecule has 4 heterocycles. The van der Waals surface area contributed by atoms with E-state index in [0.29, 0.717) is 24.4 Å². The molecule has 0 fully saturated rings. The molecule has 1 aliphatic carbocycles. The van der Waals surface area contributed by atoms with Crippen LogP contribution < -0.4 is 5.32 Å². The minimum Gasteiger partial charge on any atom is -0.310 e. The average Bonchev–Trinajstić information content (AvgIpc) is 3.49. The Morgan fingerprint density at radius 1 is 1.10 bits per heavy atom. The number of nitrogens with one attached hydrogen (secondary N) is 1. The second-order valence-electron chi connectivity index (χ2n) is 10.8. The SMILES string of the molecule is CC(C)C1=N[C@@](C)(c2cc(F)cc(F)c2)N(C/C=C/c2cnc3c(c2)CC2(C3)C(=O)Nc3ncccc32)C1=O. The summed E-state index contributed by atoms with van der Waals surface area (Å²) in [6.07, 6.45) is 8.12. The molecular formula is C30H27F2N5O2. The van der Waals surface area contributed by atoms with Gasteiger partial charge in [-0.05, 0) is 48.7 Å². The Balaban J connectivity index is 1.25. The van der Waals surface area contributed by atoms with Crippen molar-refractivity contribution in [3.05, 3.63) is 94.5 Å². The van der Waals surface area contributed by atoms with Crippen LogP contribution >= 0.6 is 0 Å². The summed E-state index contributed by atoms with van der Waals surface area (Å²) in [7, 11) is 0. The highest BCUT2D eigenvalue weighted by atomic mass is 19.1. The Morgan fingerprint density at radius 2 is 1.87 bits per heavy atom. The highest BCUT2D eigenvalue weighted by molar-refractivity contribution is 6.41. The summed E-state index contributed by atoms with van der Waals surface area (Å²) in [6, 6.07) is 9.02. The molecule has 3 aromatic rings. The zero-order valence-electron chi connectivity index (χ0n) is 21.8. The van der Waals surface area contributed by atoms with Gasteiger partial charge in [0.2, 0.25) is 5.91 Å². The highest BCUT2D eigenvalue weighted by Crippen LogP contribution is 2.46. The zero-order chi connectivity index (χ0) is 27.5. The molecule has 1 unspecified atom stereocenters. The van der Waals surface area contributed by atoms with Crippen molar-refractivity contribution in [2.45, 2.75) is 44.7 Å². The van der Waals surface area contributed by atoms with Gasteiger partial charge in [0.05, 0.1) is 5.41 Å². The minimum atomic E-state index is -1.25. The van der Waals surface area contributed by atoms with Crippen LogP contribution in [0.3, 0.4) is 0 Å². The van der Waals surface area contributed by atoms with E-state index < -0.39 is 22.7 Å². The molecule has 2 amide bonds. The molecule has 39 heavy (non-hydrogen) atoms. The summed E-state index contributed by atoms with van der Waals surface area (Å²) in [4.78, 5) is 41.4. The lowest BCUT2D eigenvalue weighted by atomic mass is 9.80. The van der Waals surface area contributed by atoms with E-state index in [1.54, 1.807) is 19.3 Å². The number of fused-ring (bicyclic) bond motifs is 3. The molecule has 1 aromatic carbocycles. The first-order valence-electron chi connectivity index (χ1n) is 12.9. The number of anilines is 1. The molecular weight excluding hydrogens is 500 g/mol. The number of pyridine rings is 2. The first-order chi connectivity index (χ1) is 18.6. The van der Waals surface area contributed by atoms with Crippen molar-refractivity contribution < 1.29 is 18.4 Å². The van der Waals surface area contributed by atoms with Crippen LogP contribution in [0.1, 0.15) is 48.7 Å². The van der Waals surface area contributed by atoms with Gasteiger partial charge in [-0.15, -0.1) is 0 Å². The van der Waals surface area contributed by atoms with E-state index in [1.807, 2.05) is 44.2 Å².